The minimum Gasteiger partial charge on any atom is -0.268 e. The predicted molar refractivity (Wildman–Crippen MR) is 87.9 cm³/mol. The maximum atomic E-state index is 12.9. The van der Waals surface area contributed by atoms with E-state index in [9.17, 15) is 8.42 Å². The molecule has 1 aliphatic rings. The van der Waals surface area contributed by atoms with E-state index >= 15 is 0 Å². The van der Waals surface area contributed by atoms with Gasteiger partial charge in [-0.05, 0) is 50.1 Å². The Bertz CT molecular complexity index is 755. The molecule has 0 amide bonds. The van der Waals surface area contributed by atoms with Crippen LogP contribution in [0.15, 0.2) is 45.9 Å². The van der Waals surface area contributed by atoms with Crippen LogP contribution in [0.25, 0.3) is 0 Å². The summed E-state index contributed by atoms with van der Waals surface area (Å²) in [6, 6.07) is 8.60. The van der Waals surface area contributed by atoms with E-state index < -0.39 is 10.0 Å². The molecule has 1 aliphatic heterocycles. The van der Waals surface area contributed by atoms with E-state index in [2.05, 4.69) is 21.0 Å². The summed E-state index contributed by atoms with van der Waals surface area (Å²) in [4.78, 5) is 0.338. The highest BCUT2D eigenvalue weighted by molar-refractivity contribution is 9.10. The Hall–Kier alpha value is -1.18. The van der Waals surface area contributed by atoms with Crippen LogP contribution in [0.1, 0.15) is 31.5 Å². The van der Waals surface area contributed by atoms with Crippen LogP contribution >= 0.6 is 15.9 Å². The number of benzene rings is 1. The third-order valence-electron chi connectivity index (χ3n) is 4.01. The molecule has 3 rings (SSSR count). The molecule has 1 aromatic carbocycles. The summed E-state index contributed by atoms with van der Waals surface area (Å²) in [5.74, 6) is 0. The summed E-state index contributed by atoms with van der Waals surface area (Å²) in [6.45, 7) is 3.31. The molecule has 1 unspecified atom stereocenters. The van der Waals surface area contributed by atoms with E-state index in [1.807, 2.05) is 17.7 Å². The molecule has 0 spiro atoms. The summed E-state index contributed by atoms with van der Waals surface area (Å²) >= 11 is 3.34. The van der Waals surface area contributed by atoms with E-state index in [-0.39, 0.29) is 6.04 Å². The molecule has 0 aliphatic carbocycles. The molecule has 0 bridgehead atoms. The van der Waals surface area contributed by atoms with Gasteiger partial charge >= 0.3 is 0 Å². The van der Waals surface area contributed by atoms with Gasteiger partial charge in [0.15, 0.2) is 0 Å². The lowest BCUT2D eigenvalue weighted by molar-refractivity contribution is 0.376. The first-order valence-electron chi connectivity index (χ1n) is 7.33. The van der Waals surface area contributed by atoms with Gasteiger partial charge in [-0.2, -0.15) is 9.40 Å². The third kappa shape index (κ3) is 2.73. The van der Waals surface area contributed by atoms with Crippen LogP contribution in [-0.4, -0.2) is 29.0 Å². The van der Waals surface area contributed by atoms with Crippen LogP contribution < -0.4 is 0 Å². The highest BCUT2D eigenvalue weighted by Crippen LogP contribution is 2.36. The van der Waals surface area contributed by atoms with Crippen LogP contribution in [0.2, 0.25) is 0 Å². The average molecular weight is 384 g/mol. The Morgan fingerprint density at radius 2 is 2.00 bits per heavy atom. The van der Waals surface area contributed by atoms with Gasteiger partial charge < -0.3 is 0 Å². The first kappa shape index (κ1) is 15.7. The minimum atomic E-state index is -3.48. The zero-order valence-electron chi connectivity index (χ0n) is 12.3. The second-order valence-corrected chi connectivity index (χ2v) is 8.11. The quantitative estimate of drug-likeness (QED) is 0.814. The first-order valence-corrected chi connectivity index (χ1v) is 9.56. The van der Waals surface area contributed by atoms with Gasteiger partial charge in [0.1, 0.15) is 0 Å². The molecule has 7 heteroatoms. The first-order chi connectivity index (χ1) is 10.5. The Morgan fingerprint density at radius 1 is 1.27 bits per heavy atom. The van der Waals surface area contributed by atoms with Gasteiger partial charge in [-0.1, -0.05) is 15.9 Å². The van der Waals surface area contributed by atoms with Crippen molar-refractivity contribution in [2.24, 2.45) is 0 Å². The fraction of sp³-hybridized carbons (Fsp3) is 0.400. The van der Waals surface area contributed by atoms with E-state index in [0.29, 0.717) is 11.4 Å². The van der Waals surface area contributed by atoms with Gasteiger partial charge in [0, 0.05) is 23.8 Å². The number of aryl methyl sites for hydroxylation is 1. The van der Waals surface area contributed by atoms with Crippen molar-refractivity contribution in [1.29, 1.82) is 0 Å². The molecule has 1 saturated heterocycles. The molecule has 0 N–H and O–H groups in total. The monoisotopic (exact) mass is 383 g/mol. The highest BCUT2D eigenvalue weighted by Gasteiger charge is 2.37. The maximum absolute atomic E-state index is 12.9. The van der Waals surface area contributed by atoms with Crippen molar-refractivity contribution in [3.05, 3.63) is 46.7 Å². The van der Waals surface area contributed by atoms with Crippen LogP contribution in [0.4, 0.5) is 0 Å². The Balaban J connectivity index is 1.97. The smallest absolute Gasteiger partial charge is 0.243 e. The van der Waals surface area contributed by atoms with Gasteiger partial charge in [-0.25, -0.2) is 8.42 Å². The van der Waals surface area contributed by atoms with Gasteiger partial charge in [0.2, 0.25) is 10.0 Å². The number of sulfonamides is 1. The molecular weight excluding hydrogens is 366 g/mol. The number of halogens is 1. The number of rotatable bonds is 4. The molecule has 2 heterocycles. The highest BCUT2D eigenvalue weighted by atomic mass is 79.9. The summed E-state index contributed by atoms with van der Waals surface area (Å²) in [5.41, 5.74) is 0.973. The van der Waals surface area contributed by atoms with Gasteiger partial charge in [-0.15, -0.1) is 0 Å². The zero-order valence-corrected chi connectivity index (χ0v) is 14.7. The Labute approximate surface area is 139 Å². The van der Waals surface area contributed by atoms with Crippen molar-refractivity contribution in [1.82, 2.24) is 14.1 Å². The molecule has 5 nitrogen and oxygen atoms in total. The topological polar surface area (TPSA) is 55.2 Å². The second-order valence-electron chi connectivity index (χ2n) is 5.30. The van der Waals surface area contributed by atoms with Gasteiger partial charge in [0.05, 0.1) is 16.6 Å². The number of nitrogens with zero attached hydrogens (tertiary/aromatic N) is 3. The molecule has 1 fully saturated rings. The molecule has 0 radical (unpaired) electrons. The molecule has 0 saturated carbocycles. The summed E-state index contributed by atoms with van der Waals surface area (Å²) in [5, 5.41) is 4.27. The fourth-order valence-electron chi connectivity index (χ4n) is 2.96. The zero-order chi connectivity index (χ0) is 15.7. The summed E-state index contributed by atoms with van der Waals surface area (Å²) < 4.78 is 30.2. The van der Waals surface area contributed by atoms with Gasteiger partial charge in [0.25, 0.3) is 0 Å². The SMILES string of the molecule is CCn1nccc1C1CCCN1S(=O)(=O)c1ccc(Br)cc1. The van der Waals surface area contributed by atoms with Crippen molar-refractivity contribution in [3.8, 4) is 0 Å². The van der Waals surface area contributed by atoms with E-state index in [4.69, 9.17) is 0 Å². The number of hydrogen-bond acceptors (Lipinski definition) is 3. The molecular formula is C15H18BrN3O2S. The third-order valence-corrected chi connectivity index (χ3v) is 6.47. The van der Waals surface area contributed by atoms with Crippen molar-refractivity contribution < 1.29 is 8.42 Å². The maximum Gasteiger partial charge on any atom is 0.243 e. The van der Waals surface area contributed by atoms with E-state index in [1.165, 1.54) is 0 Å². The number of hydrogen-bond donors (Lipinski definition) is 0. The second kappa shape index (κ2) is 6.14. The Kier molecular flexibility index (Phi) is 4.38. The van der Waals surface area contributed by atoms with Crippen LogP contribution in [0, 0.1) is 0 Å². The lowest BCUT2D eigenvalue weighted by atomic mass is 10.1. The van der Waals surface area contributed by atoms with Crippen molar-refractivity contribution in [2.75, 3.05) is 6.54 Å². The normalized spacial score (nSPS) is 19.6. The van der Waals surface area contributed by atoms with Gasteiger partial charge in [-0.3, -0.25) is 4.68 Å². The molecule has 1 atom stereocenters. The van der Waals surface area contributed by atoms with Crippen LogP contribution in [-0.2, 0) is 16.6 Å². The molecule has 22 heavy (non-hydrogen) atoms. The Morgan fingerprint density at radius 3 is 2.68 bits per heavy atom. The lowest BCUT2D eigenvalue weighted by Gasteiger charge is -2.24. The van der Waals surface area contributed by atoms with Crippen LogP contribution in [0.5, 0.6) is 0 Å². The van der Waals surface area contributed by atoms with Crippen LogP contribution in [0.3, 0.4) is 0 Å². The lowest BCUT2D eigenvalue weighted by Crippen LogP contribution is -2.31. The van der Waals surface area contributed by atoms with Crippen molar-refractivity contribution in [3.63, 3.8) is 0 Å². The van der Waals surface area contributed by atoms with Crippen molar-refractivity contribution >= 4 is 26.0 Å². The summed E-state index contributed by atoms with van der Waals surface area (Å²) in [6.07, 6.45) is 3.44. The standard InChI is InChI=1S/C15H18BrN3O2S/c1-2-18-14(9-10-17-18)15-4-3-11-19(15)22(20,21)13-7-5-12(16)6-8-13/h5-10,15H,2-4,11H2,1H3. The minimum absolute atomic E-state index is 0.129. The van der Waals surface area contributed by atoms with E-state index in [1.54, 1.807) is 34.8 Å². The largest absolute Gasteiger partial charge is 0.268 e. The molecule has 118 valence electrons. The average Bonchev–Trinajstić information content (AvgIpc) is 3.16. The predicted octanol–water partition coefficient (Wildman–Crippen LogP) is 3.19. The number of aromatic nitrogens is 2. The van der Waals surface area contributed by atoms with Crippen molar-refractivity contribution in [2.45, 2.75) is 37.2 Å². The summed E-state index contributed by atoms with van der Waals surface area (Å²) in [7, 11) is -3.48. The molecule has 2 aromatic rings. The molecule has 1 aromatic heterocycles. The fourth-order valence-corrected chi connectivity index (χ4v) is 4.89. The van der Waals surface area contributed by atoms with E-state index in [0.717, 1.165) is 29.6 Å².